The molecule has 0 spiro atoms. The molecule has 0 aliphatic carbocycles. The third-order valence-corrected chi connectivity index (χ3v) is 3.76. The van der Waals surface area contributed by atoms with E-state index >= 15 is 0 Å². The van der Waals surface area contributed by atoms with Gasteiger partial charge in [-0.05, 0) is 38.1 Å². The molecular formula is C20H20F2N2O5. The van der Waals surface area contributed by atoms with Crippen LogP contribution in [0.3, 0.4) is 0 Å². The number of rotatable bonds is 8. The van der Waals surface area contributed by atoms with E-state index in [1.807, 2.05) is 0 Å². The fraction of sp³-hybridized carbons (Fsp3) is 0.250. The summed E-state index contributed by atoms with van der Waals surface area (Å²) in [6.07, 6.45) is -1.24. The summed E-state index contributed by atoms with van der Waals surface area (Å²) in [5, 5.41) is 4.84. The molecule has 0 aliphatic heterocycles. The Morgan fingerprint density at radius 3 is 2.21 bits per heavy atom. The van der Waals surface area contributed by atoms with Gasteiger partial charge in [0.05, 0.1) is 5.69 Å². The summed E-state index contributed by atoms with van der Waals surface area (Å²) in [5.41, 5.74) is 0.375. The highest BCUT2D eigenvalue weighted by molar-refractivity contribution is 5.98. The first-order valence-corrected chi connectivity index (χ1v) is 8.69. The average Bonchev–Trinajstić information content (AvgIpc) is 2.69. The van der Waals surface area contributed by atoms with Crippen LogP contribution < -0.4 is 15.4 Å². The molecule has 0 heterocycles. The molecule has 154 valence electrons. The number of amides is 2. The predicted molar refractivity (Wildman–Crippen MR) is 101 cm³/mol. The molecule has 2 atom stereocenters. The van der Waals surface area contributed by atoms with Gasteiger partial charge in [0.25, 0.3) is 11.8 Å². The summed E-state index contributed by atoms with van der Waals surface area (Å²) in [6, 6.07) is 12.9. The van der Waals surface area contributed by atoms with Gasteiger partial charge in [-0.25, -0.2) is 4.79 Å². The molecule has 2 amide bonds. The van der Waals surface area contributed by atoms with Crippen molar-refractivity contribution < 1.29 is 32.6 Å². The third-order valence-electron chi connectivity index (χ3n) is 3.76. The van der Waals surface area contributed by atoms with E-state index in [4.69, 9.17) is 4.74 Å². The van der Waals surface area contributed by atoms with Crippen LogP contribution in [0, 0.1) is 0 Å². The van der Waals surface area contributed by atoms with E-state index in [2.05, 4.69) is 15.4 Å². The molecule has 0 aromatic heterocycles. The second-order valence-electron chi connectivity index (χ2n) is 6.00. The second-order valence-corrected chi connectivity index (χ2v) is 6.00. The number of anilines is 1. The summed E-state index contributed by atoms with van der Waals surface area (Å²) in [7, 11) is 0. The quantitative estimate of drug-likeness (QED) is 0.658. The first-order chi connectivity index (χ1) is 13.8. The number of carbonyl (C=O) groups excluding carboxylic acids is 3. The van der Waals surface area contributed by atoms with Crippen LogP contribution in [0.5, 0.6) is 5.75 Å². The van der Waals surface area contributed by atoms with E-state index in [-0.39, 0.29) is 11.4 Å². The van der Waals surface area contributed by atoms with Crippen molar-refractivity contribution in [2.24, 2.45) is 0 Å². The zero-order valence-electron chi connectivity index (χ0n) is 15.7. The Morgan fingerprint density at radius 2 is 1.55 bits per heavy atom. The number of alkyl halides is 2. The van der Waals surface area contributed by atoms with Crippen LogP contribution in [-0.4, -0.2) is 36.5 Å². The van der Waals surface area contributed by atoms with Crippen molar-refractivity contribution in [3.8, 4) is 5.75 Å². The first-order valence-electron chi connectivity index (χ1n) is 8.69. The minimum Gasteiger partial charge on any atom is -0.451 e. The summed E-state index contributed by atoms with van der Waals surface area (Å²) in [6.45, 7) is -0.327. The minimum atomic E-state index is -3.06. The SMILES string of the molecule is C[C@H](NC(=O)c1ccccc1)C(=O)O[C@H](C)C(=O)Nc1ccccc1OC(F)F. The molecule has 7 nitrogen and oxygen atoms in total. The van der Waals surface area contributed by atoms with Crippen molar-refractivity contribution in [2.75, 3.05) is 5.32 Å². The van der Waals surface area contributed by atoms with Gasteiger partial charge in [-0.15, -0.1) is 0 Å². The number of nitrogens with one attached hydrogen (secondary N) is 2. The molecule has 9 heteroatoms. The van der Waals surface area contributed by atoms with Gasteiger partial charge in [-0.2, -0.15) is 8.78 Å². The van der Waals surface area contributed by atoms with Crippen LogP contribution in [0.25, 0.3) is 0 Å². The molecular weight excluding hydrogens is 386 g/mol. The number of para-hydroxylation sites is 2. The standard InChI is InChI=1S/C20H20F2N2O5/c1-12(23-18(26)14-8-4-3-5-9-14)19(27)28-13(2)17(25)24-15-10-6-7-11-16(15)29-20(21)22/h3-13,20H,1-2H3,(H,23,26)(H,24,25)/t12-,13+/m0/s1. The lowest BCUT2D eigenvalue weighted by atomic mass is 10.2. The van der Waals surface area contributed by atoms with E-state index < -0.39 is 36.5 Å². The molecule has 2 aromatic carbocycles. The largest absolute Gasteiger partial charge is 0.451 e. The Kier molecular flexibility index (Phi) is 7.64. The highest BCUT2D eigenvalue weighted by atomic mass is 19.3. The van der Waals surface area contributed by atoms with Gasteiger partial charge in [-0.1, -0.05) is 30.3 Å². The van der Waals surface area contributed by atoms with E-state index in [0.29, 0.717) is 5.56 Å². The Balaban J connectivity index is 1.92. The smallest absolute Gasteiger partial charge is 0.387 e. The topological polar surface area (TPSA) is 93.7 Å². The second kappa shape index (κ2) is 10.2. The van der Waals surface area contributed by atoms with Gasteiger partial charge >= 0.3 is 12.6 Å². The van der Waals surface area contributed by atoms with Crippen LogP contribution >= 0.6 is 0 Å². The highest BCUT2D eigenvalue weighted by Crippen LogP contribution is 2.25. The molecule has 2 aromatic rings. The van der Waals surface area contributed by atoms with Gasteiger partial charge < -0.3 is 20.1 Å². The summed E-state index contributed by atoms with van der Waals surface area (Å²) >= 11 is 0. The predicted octanol–water partition coefficient (Wildman–Crippen LogP) is 2.98. The molecule has 0 fully saturated rings. The first kappa shape index (κ1) is 21.8. The van der Waals surface area contributed by atoms with Gasteiger partial charge in [0.1, 0.15) is 11.8 Å². The zero-order chi connectivity index (χ0) is 21.4. The zero-order valence-corrected chi connectivity index (χ0v) is 15.7. The van der Waals surface area contributed by atoms with Crippen molar-refractivity contribution in [3.63, 3.8) is 0 Å². The molecule has 2 N–H and O–H groups in total. The summed E-state index contributed by atoms with van der Waals surface area (Å²) in [4.78, 5) is 36.5. The Labute approximate surface area is 166 Å². The van der Waals surface area contributed by atoms with Crippen LogP contribution in [0.2, 0.25) is 0 Å². The maximum absolute atomic E-state index is 12.4. The normalized spacial score (nSPS) is 12.6. The molecule has 29 heavy (non-hydrogen) atoms. The van der Waals surface area contributed by atoms with Crippen LogP contribution in [0.1, 0.15) is 24.2 Å². The van der Waals surface area contributed by atoms with E-state index in [1.165, 1.54) is 38.1 Å². The molecule has 2 rings (SSSR count). The molecule has 0 saturated carbocycles. The molecule has 0 unspecified atom stereocenters. The minimum absolute atomic E-state index is 0.00567. The fourth-order valence-corrected chi connectivity index (χ4v) is 2.26. The Hall–Kier alpha value is -3.49. The number of benzene rings is 2. The van der Waals surface area contributed by atoms with E-state index in [9.17, 15) is 23.2 Å². The van der Waals surface area contributed by atoms with Crippen molar-refractivity contribution in [1.29, 1.82) is 0 Å². The van der Waals surface area contributed by atoms with Gasteiger partial charge in [0, 0.05) is 5.56 Å². The number of esters is 1. The Bertz CT molecular complexity index is 861. The maximum atomic E-state index is 12.4. The lowest BCUT2D eigenvalue weighted by Gasteiger charge is -2.18. The van der Waals surface area contributed by atoms with Gasteiger partial charge in [-0.3, -0.25) is 9.59 Å². The lowest BCUT2D eigenvalue weighted by molar-refractivity contribution is -0.154. The number of hydrogen-bond donors (Lipinski definition) is 2. The van der Waals surface area contributed by atoms with Crippen LogP contribution in [0.4, 0.5) is 14.5 Å². The van der Waals surface area contributed by atoms with Gasteiger partial charge in [0.2, 0.25) is 0 Å². The summed E-state index contributed by atoms with van der Waals surface area (Å²) < 4.78 is 34.3. The average molecular weight is 406 g/mol. The van der Waals surface area contributed by atoms with E-state index in [1.54, 1.807) is 30.3 Å². The monoisotopic (exact) mass is 406 g/mol. The van der Waals surface area contributed by atoms with Crippen LogP contribution in [-0.2, 0) is 14.3 Å². The molecule has 0 radical (unpaired) electrons. The molecule has 0 bridgehead atoms. The van der Waals surface area contributed by atoms with Crippen molar-refractivity contribution in [1.82, 2.24) is 5.32 Å². The number of ether oxygens (including phenoxy) is 2. The molecule has 0 aliphatic rings. The third kappa shape index (κ3) is 6.56. The fourth-order valence-electron chi connectivity index (χ4n) is 2.26. The number of hydrogen-bond acceptors (Lipinski definition) is 5. The van der Waals surface area contributed by atoms with E-state index in [0.717, 1.165) is 0 Å². The van der Waals surface area contributed by atoms with Crippen molar-refractivity contribution in [2.45, 2.75) is 32.6 Å². The van der Waals surface area contributed by atoms with Crippen molar-refractivity contribution >= 4 is 23.5 Å². The number of halogens is 2. The number of carbonyl (C=O) groups is 3. The Morgan fingerprint density at radius 1 is 0.931 bits per heavy atom. The highest BCUT2D eigenvalue weighted by Gasteiger charge is 2.24. The maximum Gasteiger partial charge on any atom is 0.387 e. The molecule has 0 saturated heterocycles. The lowest BCUT2D eigenvalue weighted by Crippen LogP contribution is -2.42. The summed E-state index contributed by atoms with van der Waals surface area (Å²) in [5.74, 6) is -2.26. The van der Waals surface area contributed by atoms with Crippen molar-refractivity contribution in [3.05, 3.63) is 60.2 Å². The van der Waals surface area contributed by atoms with Gasteiger partial charge in [0.15, 0.2) is 6.10 Å². The van der Waals surface area contributed by atoms with Crippen LogP contribution in [0.15, 0.2) is 54.6 Å².